The Hall–Kier alpha value is -2.71. The van der Waals surface area contributed by atoms with Crippen molar-refractivity contribution in [2.75, 3.05) is 41.0 Å². The Bertz CT molecular complexity index is 995. The molecule has 0 aromatic rings. The van der Waals surface area contributed by atoms with E-state index in [2.05, 4.69) is 44.2 Å². The summed E-state index contributed by atoms with van der Waals surface area (Å²) in [6.07, 6.45) is 40.4. The van der Waals surface area contributed by atoms with Crippen LogP contribution in [0.4, 0.5) is 0 Å². The molecule has 2 unspecified atom stereocenters. The zero-order valence-corrected chi connectivity index (χ0v) is 34.0. The van der Waals surface area contributed by atoms with Crippen LogP contribution in [-0.4, -0.2) is 75.5 Å². The SMILES string of the molecule is CC/C=C/C/C=C/C/C=C/CC(=O)OC(COCCC(C(=O)[O-])[N+](C)(C)C)COC(=O)CCCCCCCCC/C=C/CCCCCCCCCC. The lowest BCUT2D eigenvalue weighted by Gasteiger charge is -2.34. The number of nitrogens with zero attached hydrogens (tertiary/aromatic N) is 1. The van der Waals surface area contributed by atoms with Crippen molar-refractivity contribution in [3.63, 3.8) is 0 Å². The van der Waals surface area contributed by atoms with E-state index in [1.807, 2.05) is 12.2 Å². The van der Waals surface area contributed by atoms with Gasteiger partial charge in [0.25, 0.3) is 0 Å². The maximum atomic E-state index is 12.5. The predicted octanol–water partition coefficient (Wildman–Crippen LogP) is 9.52. The molecule has 2 atom stereocenters. The number of aliphatic carboxylic acids is 1. The van der Waals surface area contributed by atoms with Crippen LogP contribution in [0, 0.1) is 0 Å². The van der Waals surface area contributed by atoms with E-state index in [1.165, 1.54) is 89.9 Å². The number of unbranched alkanes of at least 4 members (excludes halogenated alkanes) is 15. The molecule has 0 radical (unpaired) electrons. The molecule has 0 aliphatic rings. The zero-order chi connectivity index (χ0) is 38.5. The van der Waals surface area contributed by atoms with E-state index in [9.17, 15) is 19.5 Å². The van der Waals surface area contributed by atoms with Crippen LogP contribution in [0.15, 0.2) is 48.6 Å². The second-order valence-electron chi connectivity index (χ2n) is 14.9. The summed E-state index contributed by atoms with van der Waals surface area (Å²) in [5, 5.41) is 11.6. The number of carbonyl (C=O) groups excluding carboxylic acids is 3. The van der Waals surface area contributed by atoms with E-state index < -0.39 is 24.1 Å². The molecule has 0 N–H and O–H groups in total. The van der Waals surface area contributed by atoms with E-state index >= 15 is 0 Å². The highest BCUT2D eigenvalue weighted by Crippen LogP contribution is 2.13. The predicted molar refractivity (Wildman–Crippen MR) is 213 cm³/mol. The van der Waals surface area contributed by atoms with Gasteiger partial charge in [-0.1, -0.05) is 140 Å². The standard InChI is InChI=1S/C44H77NO7/c1-6-8-10-12-14-16-17-18-19-20-21-22-23-24-25-27-28-30-32-34-42(46)51-39-40(38-50-37-36-41(44(48)49)45(3,4)5)52-43(47)35-33-31-29-26-15-13-11-9-7-2/h9,11,15,20-21,26,31,33,40-41H,6-8,10,12-14,16-19,22-25,27-30,32,34-39H2,1-5H3/b11-9+,21-20+,26-15+,33-31+. The first-order valence-corrected chi connectivity index (χ1v) is 20.7. The Morgan fingerprint density at radius 1 is 0.615 bits per heavy atom. The second kappa shape index (κ2) is 35.3. The summed E-state index contributed by atoms with van der Waals surface area (Å²) in [5.74, 6) is -1.90. The summed E-state index contributed by atoms with van der Waals surface area (Å²) in [5.41, 5.74) is 0. The van der Waals surface area contributed by atoms with Crippen molar-refractivity contribution in [1.82, 2.24) is 0 Å². The van der Waals surface area contributed by atoms with Gasteiger partial charge in [-0.05, 0) is 51.4 Å². The summed E-state index contributed by atoms with van der Waals surface area (Å²) in [7, 11) is 5.36. The minimum atomic E-state index is -1.14. The van der Waals surface area contributed by atoms with Crippen LogP contribution < -0.4 is 5.11 Å². The Balaban J connectivity index is 4.33. The highest BCUT2D eigenvalue weighted by Gasteiger charge is 2.25. The van der Waals surface area contributed by atoms with E-state index in [4.69, 9.17) is 14.2 Å². The molecule has 52 heavy (non-hydrogen) atoms. The normalized spacial score (nSPS) is 13.5. The second-order valence-corrected chi connectivity index (χ2v) is 14.9. The minimum Gasteiger partial charge on any atom is -0.544 e. The molecule has 0 spiro atoms. The number of rotatable bonds is 36. The van der Waals surface area contributed by atoms with Crippen molar-refractivity contribution in [2.45, 2.75) is 174 Å². The third-order valence-electron chi connectivity index (χ3n) is 8.98. The quantitative estimate of drug-likeness (QED) is 0.0274. The van der Waals surface area contributed by atoms with Gasteiger partial charge in [0.05, 0.1) is 46.7 Å². The number of hydrogen-bond donors (Lipinski definition) is 0. The first-order chi connectivity index (χ1) is 25.1. The third kappa shape index (κ3) is 33.1. The number of hydrogen-bond acceptors (Lipinski definition) is 7. The largest absolute Gasteiger partial charge is 0.544 e. The van der Waals surface area contributed by atoms with E-state index in [0.717, 1.165) is 38.5 Å². The first kappa shape index (κ1) is 49.3. The number of esters is 2. The van der Waals surface area contributed by atoms with Gasteiger partial charge in [-0.2, -0.15) is 0 Å². The highest BCUT2D eigenvalue weighted by molar-refractivity contribution is 5.71. The number of carbonyl (C=O) groups is 3. The molecule has 8 nitrogen and oxygen atoms in total. The van der Waals surface area contributed by atoms with Crippen LogP contribution >= 0.6 is 0 Å². The summed E-state index contributed by atoms with van der Waals surface area (Å²) in [6.45, 7) is 4.41. The van der Waals surface area contributed by atoms with Crippen molar-refractivity contribution in [1.29, 1.82) is 0 Å². The molecule has 0 aromatic carbocycles. The molecule has 0 fully saturated rings. The van der Waals surface area contributed by atoms with Gasteiger partial charge >= 0.3 is 11.9 Å². The smallest absolute Gasteiger partial charge is 0.310 e. The number of carboxylic acids is 1. The fraction of sp³-hybridized carbons (Fsp3) is 0.750. The Labute approximate surface area is 318 Å². The summed E-state index contributed by atoms with van der Waals surface area (Å²) in [6, 6.07) is -0.739. The fourth-order valence-electron chi connectivity index (χ4n) is 5.77. The fourth-order valence-corrected chi connectivity index (χ4v) is 5.77. The molecule has 0 aliphatic heterocycles. The van der Waals surface area contributed by atoms with Crippen LogP contribution in [0.5, 0.6) is 0 Å². The molecule has 0 bridgehead atoms. The Kier molecular flexibility index (Phi) is 33.5. The molecule has 8 heteroatoms. The lowest BCUT2D eigenvalue weighted by molar-refractivity contribution is -0.889. The van der Waals surface area contributed by atoms with Crippen LogP contribution in [-0.2, 0) is 28.6 Å². The van der Waals surface area contributed by atoms with Gasteiger partial charge in [-0.25, -0.2) is 0 Å². The highest BCUT2D eigenvalue weighted by atomic mass is 16.6. The Morgan fingerprint density at radius 3 is 1.67 bits per heavy atom. The lowest BCUT2D eigenvalue weighted by Crippen LogP contribution is -2.55. The van der Waals surface area contributed by atoms with Crippen molar-refractivity contribution in [3.05, 3.63) is 48.6 Å². The van der Waals surface area contributed by atoms with Gasteiger partial charge in [0.15, 0.2) is 6.10 Å². The average molecular weight is 732 g/mol. The Morgan fingerprint density at radius 2 is 1.13 bits per heavy atom. The zero-order valence-electron chi connectivity index (χ0n) is 34.0. The molecule has 0 rings (SSSR count). The maximum absolute atomic E-state index is 12.5. The molecule has 0 saturated heterocycles. The first-order valence-electron chi connectivity index (χ1n) is 20.7. The minimum absolute atomic E-state index is 0.00268. The van der Waals surface area contributed by atoms with E-state index in [-0.39, 0.29) is 43.1 Å². The van der Waals surface area contributed by atoms with Crippen molar-refractivity contribution < 1.29 is 38.2 Å². The van der Waals surface area contributed by atoms with Gasteiger partial charge in [0.2, 0.25) is 0 Å². The van der Waals surface area contributed by atoms with Crippen molar-refractivity contribution in [2.24, 2.45) is 0 Å². The van der Waals surface area contributed by atoms with Crippen LogP contribution in [0.25, 0.3) is 0 Å². The third-order valence-corrected chi connectivity index (χ3v) is 8.98. The van der Waals surface area contributed by atoms with Crippen LogP contribution in [0.1, 0.15) is 162 Å². The molecule has 0 aromatic heterocycles. The molecule has 300 valence electrons. The number of allylic oxidation sites excluding steroid dienone is 7. The van der Waals surface area contributed by atoms with E-state index in [1.54, 1.807) is 27.2 Å². The van der Waals surface area contributed by atoms with Gasteiger partial charge in [0.1, 0.15) is 12.6 Å². The van der Waals surface area contributed by atoms with Crippen molar-refractivity contribution in [3.8, 4) is 0 Å². The lowest BCUT2D eigenvalue weighted by atomic mass is 10.1. The van der Waals surface area contributed by atoms with Crippen LogP contribution in [0.3, 0.4) is 0 Å². The van der Waals surface area contributed by atoms with Crippen molar-refractivity contribution >= 4 is 17.9 Å². The average Bonchev–Trinajstić information content (AvgIpc) is 3.09. The summed E-state index contributed by atoms with van der Waals surface area (Å²) >= 11 is 0. The topological polar surface area (TPSA) is 102 Å². The van der Waals surface area contributed by atoms with Gasteiger partial charge in [-0.15, -0.1) is 0 Å². The van der Waals surface area contributed by atoms with Gasteiger partial charge in [-0.3, -0.25) is 9.59 Å². The maximum Gasteiger partial charge on any atom is 0.310 e. The molecular formula is C44H77NO7. The molecule has 0 heterocycles. The number of ether oxygens (including phenoxy) is 3. The molecule has 0 aliphatic carbocycles. The molecule has 0 amide bonds. The molecular weight excluding hydrogens is 654 g/mol. The number of carboxylic acid groups (broad SMARTS) is 1. The van der Waals surface area contributed by atoms with Gasteiger partial charge in [0, 0.05) is 12.8 Å². The van der Waals surface area contributed by atoms with Crippen LogP contribution in [0.2, 0.25) is 0 Å². The summed E-state index contributed by atoms with van der Waals surface area (Å²) < 4.78 is 17.0. The van der Waals surface area contributed by atoms with Gasteiger partial charge < -0.3 is 28.6 Å². The summed E-state index contributed by atoms with van der Waals surface area (Å²) in [4.78, 5) is 36.6. The molecule has 0 saturated carbocycles. The monoisotopic (exact) mass is 732 g/mol. The number of likely N-dealkylation sites (N-methyl/N-ethyl adjacent to an activating group) is 1. The van der Waals surface area contributed by atoms with E-state index in [0.29, 0.717) is 6.42 Å². The number of quaternary nitrogens is 1.